The summed E-state index contributed by atoms with van der Waals surface area (Å²) in [6, 6.07) is 17.4. The third-order valence-electron chi connectivity index (χ3n) is 7.36. The molecule has 3 aromatic heterocycles. The van der Waals surface area contributed by atoms with Crippen LogP contribution in [0.25, 0.3) is 11.1 Å². The topological polar surface area (TPSA) is 168 Å². The number of carbonyl (C=O) groups is 2. The highest BCUT2D eigenvalue weighted by molar-refractivity contribution is 7.89. The highest BCUT2D eigenvalue weighted by Crippen LogP contribution is 2.29. The number of anilines is 1. The number of oxazole rings is 1. The molecule has 2 atom stereocenters. The summed E-state index contributed by atoms with van der Waals surface area (Å²) in [5, 5.41) is 14.1. The molecule has 0 aliphatic heterocycles. The van der Waals surface area contributed by atoms with Gasteiger partial charge in [0.1, 0.15) is 17.8 Å². The summed E-state index contributed by atoms with van der Waals surface area (Å²) >= 11 is 1.34. The number of alkyl carbamates (subject to hydrolysis) is 1. The van der Waals surface area contributed by atoms with E-state index in [0.29, 0.717) is 5.52 Å². The maximum atomic E-state index is 14.4. The van der Waals surface area contributed by atoms with Crippen LogP contribution >= 0.6 is 11.3 Å². The van der Waals surface area contributed by atoms with Crippen molar-refractivity contribution in [2.45, 2.75) is 43.9 Å². The molecule has 13 nitrogen and oxygen atoms in total. The van der Waals surface area contributed by atoms with Gasteiger partial charge in [-0.15, -0.1) is 11.3 Å². The number of sulfonamides is 1. The Morgan fingerprint density at radius 2 is 1.85 bits per heavy atom. The van der Waals surface area contributed by atoms with Gasteiger partial charge >= 0.3 is 12.1 Å². The molecule has 2 aromatic carbocycles. The Hall–Kier alpha value is -4.70. The number of fused-ring (bicyclic) bond motifs is 1. The van der Waals surface area contributed by atoms with Gasteiger partial charge in [-0.2, -0.15) is 9.29 Å². The summed E-state index contributed by atoms with van der Waals surface area (Å²) in [7, 11) is -2.77. The van der Waals surface area contributed by atoms with E-state index in [2.05, 4.69) is 20.3 Å². The second-order valence-corrected chi connectivity index (χ2v) is 14.3. The minimum atomic E-state index is -4.26. The van der Waals surface area contributed by atoms with Crippen molar-refractivity contribution in [3.05, 3.63) is 101 Å². The molecule has 0 aliphatic rings. The fourth-order valence-corrected chi connectivity index (χ4v) is 7.30. The minimum Gasteiger partial charge on any atom is -0.444 e. The Bertz CT molecular complexity index is 1920. The smallest absolute Gasteiger partial charge is 0.407 e. The minimum absolute atomic E-state index is 0.0207. The van der Waals surface area contributed by atoms with Crippen molar-refractivity contribution in [3.63, 3.8) is 0 Å². The maximum Gasteiger partial charge on any atom is 0.407 e. The second-order valence-electron chi connectivity index (χ2n) is 11.4. The zero-order valence-corrected chi connectivity index (χ0v) is 28.2. The molecule has 0 fully saturated rings. The van der Waals surface area contributed by atoms with E-state index < -0.39 is 34.2 Å². The number of hydrogen-bond donors (Lipinski definition) is 2. The third-order valence-corrected chi connectivity index (χ3v) is 10.0. The lowest BCUT2D eigenvalue weighted by atomic mass is 10.0. The predicted octanol–water partition coefficient (Wildman–Crippen LogP) is 4.50. The normalized spacial score (nSPS) is 13.0. The van der Waals surface area contributed by atoms with Gasteiger partial charge in [0.25, 0.3) is 5.91 Å². The lowest BCUT2D eigenvalue weighted by Crippen LogP contribution is -2.52. The van der Waals surface area contributed by atoms with Gasteiger partial charge in [0.05, 0.1) is 27.4 Å². The summed E-state index contributed by atoms with van der Waals surface area (Å²) in [5.41, 5.74) is 3.12. The highest BCUT2D eigenvalue weighted by Gasteiger charge is 2.37. The summed E-state index contributed by atoms with van der Waals surface area (Å²) in [6.45, 7) is 3.60. The van der Waals surface area contributed by atoms with Crippen LogP contribution in [0.4, 0.5) is 10.8 Å². The average Bonchev–Trinajstić information content (AvgIpc) is 3.78. The molecular weight excluding hydrogens is 657 g/mol. The summed E-state index contributed by atoms with van der Waals surface area (Å²) in [4.78, 5) is 39.6. The van der Waals surface area contributed by atoms with Gasteiger partial charge in [-0.3, -0.25) is 19.7 Å². The number of aromatic nitrogens is 3. The van der Waals surface area contributed by atoms with Crippen molar-refractivity contribution in [3.8, 4) is 0 Å². The van der Waals surface area contributed by atoms with Crippen molar-refractivity contribution < 1.29 is 32.3 Å². The van der Waals surface area contributed by atoms with Crippen LogP contribution in [0.2, 0.25) is 0 Å². The number of aliphatic hydroxyl groups excluding tert-OH is 1. The Morgan fingerprint density at radius 1 is 1.08 bits per heavy atom. The predicted molar refractivity (Wildman–Crippen MR) is 180 cm³/mol. The fourth-order valence-electron chi connectivity index (χ4n) is 4.96. The molecule has 0 saturated heterocycles. The number of aliphatic hydroxyl groups is 1. The Morgan fingerprint density at radius 3 is 2.54 bits per heavy atom. The first kappa shape index (κ1) is 34.6. The average molecular weight is 693 g/mol. The number of nitrogens with one attached hydrogen (secondary N) is 1. The first-order valence-electron chi connectivity index (χ1n) is 15.1. The number of rotatable bonds is 14. The van der Waals surface area contributed by atoms with E-state index in [9.17, 15) is 23.1 Å². The summed E-state index contributed by atoms with van der Waals surface area (Å²) in [6.07, 6.45) is 1.20. The molecule has 5 rings (SSSR count). The van der Waals surface area contributed by atoms with Crippen molar-refractivity contribution in [1.29, 1.82) is 0 Å². The summed E-state index contributed by atoms with van der Waals surface area (Å²) in [5.74, 6) is -0.564. The van der Waals surface area contributed by atoms with Crippen LogP contribution in [0.15, 0.2) is 93.9 Å². The van der Waals surface area contributed by atoms with E-state index in [1.165, 1.54) is 52.0 Å². The number of nitrogens with zero attached hydrogens (tertiary/aromatic N) is 5. The van der Waals surface area contributed by atoms with Crippen LogP contribution in [0.5, 0.6) is 0 Å². The van der Waals surface area contributed by atoms with Crippen molar-refractivity contribution in [1.82, 2.24) is 24.6 Å². The number of thiazole rings is 1. The van der Waals surface area contributed by atoms with Gasteiger partial charge in [0.15, 0.2) is 5.58 Å². The number of ether oxygens (including phenoxy) is 1. The van der Waals surface area contributed by atoms with Gasteiger partial charge in [-0.25, -0.2) is 13.2 Å². The van der Waals surface area contributed by atoms with Crippen LogP contribution < -0.4 is 10.2 Å². The molecule has 48 heavy (non-hydrogen) atoms. The second kappa shape index (κ2) is 15.5. The number of pyridine rings is 1. The van der Waals surface area contributed by atoms with Crippen molar-refractivity contribution >= 4 is 50.5 Å². The molecule has 3 heterocycles. The van der Waals surface area contributed by atoms with E-state index in [1.807, 2.05) is 44.2 Å². The molecule has 5 aromatic rings. The SMILES string of the molecule is CC(C)CN(C(Cc1ccccc1)C(O)CNC(=O)OCc1cncs1)S(=O)(=O)c1ccc2nc(N(C)C(=O)c3ccccn3)oc2c1. The third kappa shape index (κ3) is 8.41. The zero-order chi connectivity index (χ0) is 34.3. The quantitative estimate of drug-likeness (QED) is 0.169. The van der Waals surface area contributed by atoms with E-state index >= 15 is 0 Å². The van der Waals surface area contributed by atoms with Crippen LogP contribution in [0.3, 0.4) is 0 Å². The van der Waals surface area contributed by atoms with E-state index in [1.54, 1.807) is 29.9 Å². The largest absolute Gasteiger partial charge is 0.444 e. The van der Waals surface area contributed by atoms with E-state index in [4.69, 9.17) is 9.15 Å². The lowest BCUT2D eigenvalue weighted by Gasteiger charge is -2.35. The van der Waals surface area contributed by atoms with E-state index in [0.717, 1.165) is 10.4 Å². The number of amides is 2. The van der Waals surface area contributed by atoms with Crippen LogP contribution in [-0.2, 0) is 27.8 Å². The lowest BCUT2D eigenvalue weighted by molar-refractivity contribution is 0.0786. The van der Waals surface area contributed by atoms with Crippen molar-refractivity contribution in [2.24, 2.45) is 5.92 Å². The molecule has 0 saturated carbocycles. The molecule has 0 radical (unpaired) electrons. The van der Waals surface area contributed by atoms with Gasteiger partial charge in [-0.05, 0) is 42.2 Å². The first-order valence-corrected chi connectivity index (χ1v) is 17.5. The van der Waals surface area contributed by atoms with Gasteiger partial charge in [0.2, 0.25) is 10.0 Å². The molecule has 2 N–H and O–H groups in total. The molecule has 0 bridgehead atoms. The highest BCUT2D eigenvalue weighted by atomic mass is 32.2. The Labute approximate surface area is 282 Å². The van der Waals surface area contributed by atoms with Gasteiger partial charge < -0.3 is 19.6 Å². The number of benzene rings is 2. The molecule has 0 spiro atoms. The monoisotopic (exact) mass is 692 g/mol. The number of carbonyl (C=O) groups excluding carboxylic acids is 2. The standard InChI is InChI=1S/C33H36N6O7S2/c1-22(2)19-39(28(15-23-9-5-4-6-10-23)29(40)18-36-33(42)45-20-24-17-34-21-47-24)48(43,44)25-12-13-26-30(16-25)46-32(37-26)38(3)31(41)27-11-7-8-14-35-27/h4-14,16-17,21-22,28-29,40H,15,18-20H2,1-3H3,(H,36,42). The fraction of sp³-hybridized carbons (Fsp3) is 0.303. The molecular formula is C33H36N6O7S2. The molecule has 252 valence electrons. The maximum absolute atomic E-state index is 14.4. The molecule has 0 aliphatic carbocycles. The first-order chi connectivity index (χ1) is 23.0. The Balaban J connectivity index is 1.42. The van der Waals surface area contributed by atoms with Gasteiger partial charge in [-0.1, -0.05) is 50.2 Å². The van der Waals surface area contributed by atoms with Crippen LogP contribution in [0, 0.1) is 5.92 Å². The van der Waals surface area contributed by atoms with Gasteiger partial charge in [0, 0.05) is 38.6 Å². The molecule has 2 unspecified atom stereocenters. The van der Waals surface area contributed by atoms with Crippen LogP contribution in [-0.4, -0.2) is 77.1 Å². The van der Waals surface area contributed by atoms with E-state index in [-0.39, 0.29) is 54.2 Å². The Kier molecular flexibility index (Phi) is 11.2. The number of hydrogen-bond acceptors (Lipinski definition) is 11. The van der Waals surface area contributed by atoms with Crippen LogP contribution in [0.1, 0.15) is 34.8 Å². The molecule has 2 amide bonds. The molecule has 15 heteroatoms. The zero-order valence-electron chi connectivity index (χ0n) is 26.6. The van der Waals surface area contributed by atoms with Crippen molar-refractivity contribution in [2.75, 3.05) is 25.0 Å². The summed E-state index contributed by atoms with van der Waals surface area (Å²) < 4.78 is 41.2.